The fourth-order valence-corrected chi connectivity index (χ4v) is 4.77. The lowest BCUT2D eigenvalue weighted by Crippen LogP contribution is -2.54. The standard InChI is InChI=1S/C26H30FN3O4/c1-34-22-7-3-2-6-21(22)25(32)30-16-12-18(13-17-30)23(26(33)29-14-4-5-15-29)28-24(31)19-8-10-20(27)11-9-19/h2-3,6-11,18,23H,4-5,12-17H2,1H3,(H,28,31). The fraction of sp³-hybridized carbons (Fsp3) is 0.423. The van der Waals surface area contributed by atoms with E-state index < -0.39 is 17.8 Å². The Hall–Kier alpha value is -3.42. The van der Waals surface area contributed by atoms with Crippen molar-refractivity contribution < 1.29 is 23.5 Å². The lowest BCUT2D eigenvalue weighted by molar-refractivity contribution is -0.134. The predicted molar refractivity (Wildman–Crippen MR) is 125 cm³/mol. The first kappa shape index (κ1) is 23.7. The largest absolute Gasteiger partial charge is 0.496 e. The Balaban J connectivity index is 1.46. The van der Waals surface area contributed by atoms with E-state index in [1.165, 1.54) is 31.4 Å². The Morgan fingerprint density at radius 3 is 2.24 bits per heavy atom. The van der Waals surface area contributed by atoms with Crippen molar-refractivity contribution in [1.82, 2.24) is 15.1 Å². The van der Waals surface area contributed by atoms with E-state index in [-0.39, 0.29) is 17.7 Å². The molecule has 1 atom stereocenters. The first-order chi connectivity index (χ1) is 16.5. The summed E-state index contributed by atoms with van der Waals surface area (Å²) in [5, 5.41) is 2.92. The number of methoxy groups -OCH3 is 1. The molecule has 2 aromatic carbocycles. The van der Waals surface area contributed by atoms with Crippen LogP contribution in [0.1, 0.15) is 46.4 Å². The highest BCUT2D eigenvalue weighted by molar-refractivity contribution is 5.98. The number of piperidine rings is 1. The van der Waals surface area contributed by atoms with Gasteiger partial charge in [-0.1, -0.05) is 12.1 Å². The van der Waals surface area contributed by atoms with Gasteiger partial charge in [-0.05, 0) is 68.0 Å². The van der Waals surface area contributed by atoms with Gasteiger partial charge in [0, 0.05) is 31.7 Å². The zero-order valence-corrected chi connectivity index (χ0v) is 19.3. The van der Waals surface area contributed by atoms with Gasteiger partial charge in [0.15, 0.2) is 0 Å². The number of nitrogens with zero attached hydrogens (tertiary/aromatic N) is 2. The van der Waals surface area contributed by atoms with Gasteiger partial charge in [-0.3, -0.25) is 14.4 Å². The molecule has 1 unspecified atom stereocenters. The number of ether oxygens (including phenoxy) is 1. The maximum atomic E-state index is 13.3. The van der Waals surface area contributed by atoms with Crippen LogP contribution < -0.4 is 10.1 Å². The van der Waals surface area contributed by atoms with Crippen LogP contribution in [0.5, 0.6) is 5.75 Å². The van der Waals surface area contributed by atoms with Crippen LogP contribution in [0.3, 0.4) is 0 Å². The van der Waals surface area contributed by atoms with Crippen LogP contribution in [-0.4, -0.2) is 66.9 Å². The summed E-state index contributed by atoms with van der Waals surface area (Å²) in [6.07, 6.45) is 3.09. The van der Waals surface area contributed by atoms with Crippen molar-refractivity contribution in [3.63, 3.8) is 0 Å². The molecule has 2 heterocycles. The molecule has 2 saturated heterocycles. The normalized spacial score (nSPS) is 17.4. The molecule has 0 saturated carbocycles. The van der Waals surface area contributed by atoms with Crippen LogP contribution in [0.15, 0.2) is 48.5 Å². The molecule has 3 amide bonds. The number of amides is 3. The summed E-state index contributed by atoms with van der Waals surface area (Å²) in [5.74, 6) is -0.572. The van der Waals surface area contributed by atoms with E-state index in [1.807, 2.05) is 11.0 Å². The van der Waals surface area contributed by atoms with Crippen LogP contribution in [0.25, 0.3) is 0 Å². The number of likely N-dealkylation sites (tertiary alicyclic amines) is 2. The van der Waals surface area contributed by atoms with Crippen molar-refractivity contribution in [1.29, 1.82) is 0 Å². The molecule has 0 bridgehead atoms. The molecular weight excluding hydrogens is 437 g/mol. The molecule has 180 valence electrons. The second-order valence-electron chi connectivity index (χ2n) is 8.82. The molecule has 8 heteroatoms. The maximum Gasteiger partial charge on any atom is 0.257 e. The van der Waals surface area contributed by atoms with Crippen molar-refractivity contribution in [2.75, 3.05) is 33.3 Å². The zero-order chi connectivity index (χ0) is 24.1. The monoisotopic (exact) mass is 467 g/mol. The van der Waals surface area contributed by atoms with Gasteiger partial charge >= 0.3 is 0 Å². The number of carbonyl (C=O) groups excluding carboxylic acids is 3. The van der Waals surface area contributed by atoms with E-state index in [0.29, 0.717) is 55.9 Å². The Morgan fingerprint density at radius 1 is 0.941 bits per heavy atom. The topological polar surface area (TPSA) is 79.0 Å². The van der Waals surface area contributed by atoms with E-state index in [9.17, 15) is 18.8 Å². The highest BCUT2D eigenvalue weighted by Crippen LogP contribution is 2.27. The second-order valence-corrected chi connectivity index (χ2v) is 8.82. The molecule has 2 aliphatic heterocycles. The van der Waals surface area contributed by atoms with Crippen molar-refractivity contribution in [3.05, 3.63) is 65.5 Å². The van der Waals surface area contributed by atoms with E-state index in [2.05, 4.69) is 5.32 Å². The molecule has 0 spiro atoms. The number of hydrogen-bond acceptors (Lipinski definition) is 4. The fourth-order valence-electron chi connectivity index (χ4n) is 4.77. The molecule has 2 fully saturated rings. The van der Waals surface area contributed by atoms with Crippen molar-refractivity contribution in [2.45, 2.75) is 31.7 Å². The molecule has 2 aromatic rings. The van der Waals surface area contributed by atoms with Crippen molar-refractivity contribution in [3.8, 4) is 5.75 Å². The number of benzene rings is 2. The molecule has 0 radical (unpaired) electrons. The minimum absolute atomic E-state index is 0.0810. The Labute approximate surface area is 198 Å². The SMILES string of the molecule is COc1ccccc1C(=O)N1CCC(C(NC(=O)c2ccc(F)cc2)C(=O)N2CCCC2)CC1. The third-order valence-corrected chi connectivity index (χ3v) is 6.71. The minimum Gasteiger partial charge on any atom is -0.496 e. The van der Waals surface area contributed by atoms with E-state index in [0.717, 1.165) is 12.8 Å². The Morgan fingerprint density at radius 2 is 1.59 bits per heavy atom. The highest BCUT2D eigenvalue weighted by atomic mass is 19.1. The summed E-state index contributed by atoms with van der Waals surface area (Å²) in [6, 6.07) is 11.7. The molecule has 34 heavy (non-hydrogen) atoms. The van der Waals surface area contributed by atoms with Crippen LogP contribution >= 0.6 is 0 Å². The Kier molecular flexibility index (Phi) is 7.45. The van der Waals surface area contributed by atoms with Gasteiger partial charge < -0.3 is 19.9 Å². The van der Waals surface area contributed by atoms with Crippen LogP contribution in [0.4, 0.5) is 4.39 Å². The lowest BCUT2D eigenvalue weighted by Gasteiger charge is -2.37. The number of hydrogen-bond donors (Lipinski definition) is 1. The predicted octanol–water partition coefficient (Wildman–Crippen LogP) is 3.11. The van der Waals surface area contributed by atoms with Crippen LogP contribution in [0.2, 0.25) is 0 Å². The second kappa shape index (κ2) is 10.7. The summed E-state index contributed by atoms with van der Waals surface area (Å²) in [5.41, 5.74) is 0.821. The van der Waals surface area contributed by atoms with E-state index >= 15 is 0 Å². The molecule has 0 aliphatic carbocycles. The number of carbonyl (C=O) groups is 3. The first-order valence-corrected chi connectivity index (χ1v) is 11.8. The summed E-state index contributed by atoms with van der Waals surface area (Å²) >= 11 is 0. The lowest BCUT2D eigenvalue weighted by atomic mass is 9.88. The van der Waals surface area contributed by atoms with Gasteiger partial charge in [-0.15, -0.1) is 0 Å². The number of nitrogens with one attached hydrogen (secondary N) is 1. The highest BCUT2D eigenvalue weighted by Gasteiger charge is 2.37. The number of halogens is 1. The molecular formula is C26H30FN3O4. The van der Waals surface area contributed by atoms with Gasteiger partial charge in [0.1, 0.15) is 17.6 Å². The molecule has 0 aromatic heterocycles. The average Bonchev–Trinajstić information content (AvgIpc) is 3.42. The summed E-state index contributed by atoms with van der Waals surface area (Å²) < 4.78 is 18.6. The van der Waals surface area contributed by atoms with Crippen LogP contribution in [-0.2, 0) is 4.79 Å². The summed E-state index contributed by atoms with van der Waals surface area (Å²) in [4.78, 5) is 42.9. The van der Waals surface area contributed by atoms with Gasteiger partial charge in [0.05, 0.1) is 12.7 Å². The molecule has 2 aliphatic rings. The molecule has 4 rings (SSSR count). The Bertz CT molecular complexity index is 1030. The van der Waals surface area contributed by atoms with Gasteiger partial charge in [0.25, 0.3) is 11.8 Å². The summed E-state index contributed by atoms with van der Waals surface area (Å²) in [7, 11) is 1.54. The first-order valence-electron chi connectivity index (χ1n) is 11.8. The maximum absolute atomic E-state index is 13.3. The smallest absolute Gasteiger partial charge is 0.257 e. The number of rotatable bonds is 6. The quantitative estimate of drug-likeness (QED) is 0.708. The third-order valence-electron chi connectivity index (χ3n) is 6.71. The van der Waals surface area contributed by atoms with Gasteiger partial charge in [-0.25, -0.2) is 4.39 Å². The zero-order valence-electron chi connectivity index (χ0n) is 19.3. The molecule has 7 nitrogen and oxygen atoms in total. The third kappa shape index (κ3) is 5.21. The van der Waals surface area contributed by atoms with Crippen molar-refractivity contribution >= 4 is 17.7 Å². The minimum atomic E-state index is -0.681. The van der Waals surface area contributed by atoms with E-state index in [4.69, 9.17) is 4.74 Å². The van der Waals surface area contributed by atoms with Crippen molar-refractivity contribution in [2.24, 2.45) is 5.92 Å². The summed E-state index contributed by atoms with van der Waals surface area (Å²) in [6.45, 7) is 2.34. The molecule has 1 N–H and O–H groups in total. The van der Waals surface area contributed by atoms with Gasteiger partial charge in [-0.2, -0.15) is 0 Å². The van der Waals surface area contributed by atoms with Crippen LogP contribution in [0, 0.1) is 11.7 Å². The average molecular weight is 468 g/mol. The van der Waals surface area contributed by atoms with E-state index in [1.54, 1.807) is 23.1 Å². The van der Waals surface area contributed by atoms with Gasteiger partial charge in [0.2, 0.25) is 5.91 Å². The number of para-hydroxylation sites is 1.